The first-order valence-electron chi connectivity index (χ1n) is 5.24. The Morgan fingerprint density at radius 2 is 2.06 bits per heavy atom. The Morgan fingerprint density at radius 3 is 2.65 bits per heavy atom. The van der Waals surface area contributed by atoms with Gasteiger partial charge in [-0.1, -0.05) is 19.1 Å². The summed E-state index contributed by atoms with van der Waals surface area (Å²) in [6.45, 7) is 2.54. The summed E-state index contributed by atoms with van der Waals surface area (Å²) in [4.78, 5) is 0.289. The smallest absolute Gasteiger partial charge is 0.211 e. The normalized spacial score (nSPS) is 13.6. The minimum Gasteiger partial charge on any atom is -0.211 e. The van der Waals surface area contributed by atoms with Crippen LogP contribution in [0.15, 0.2) is 33.6 Å². The molecule has 0 amide bonds. The van der Waals surface area contributed by atoms with Crippen molar-refractivity contribution in [2.75, 3.05) is 12.8 Å². The molecule has 3 nitrogen and oxygen atoms in total. The van der Waals surface area contributed by atoms with Crippen LogP contribution in [0.3, 0.4) is 0 Å². The van der Waals surface area contributed by atoms with Crippen molar-refractivity contribution in [1.29, 1.82) is 0 Å². The molecule has 1 N–H and O–H groups in total. The van der Waals surface area contributed by atoms with Gasteiger partial charge in [0.05, 0.1) is 4.90 Å². The maximum Gasteiger partial charge on any atom is 0.241 e. The van der Waals surface area contributed by atoms with Gasteiger partial charge in [-0.25, -0.2) is 13.1 Å². The third-order valence-corrected chi connectivity index (χ3v) is 5.89. The van der Waals surface area contributed by atoms with Gasteiger partial charge in [0.25, 0.3) is 0 Å². The van der Waals surface area contributed by atoms with Crippen LogP contribution < -0.4 is 4.72 Å². The van der Waals surface area contributed by atoms with Crippen molar-refractivity contribution in [3.63, 3.8) is 0 Å². The van der Waals surface area contributed by atoms with Crippen LogP contribution in [0.5, 0.6) is 0 Å². The molecule has 1 unspecified atom stereocenters. The molecular weight excluding hydrogens is 322 g/mol. The number of hydrogen-bond acceptors (Lipinski definition) is 3. The highest BCUT2D eigenvalue weighted by Crippen LogP contribution is 2.20. The molecule has 0 bridgehead atoms. The van der Waals surface area contributed by atoms with Gasteiger partial charge in [0.15, 0.2) is 0 Å². The van der Waals surface area contributed by atoms with Crippen LogP contribution in [0.1, 0.15) is 13.3 Å². The highest BCUT2D eigenvalue weighted by Gasteiger charge is 2.16. The van der Waals surface area contributed by atoms with Crippen molar-refractivity contribution in [2.24, 2.45) is 0 Å². The van der Waals surface area contributed by atoms with Gasteiger partial charge in [-0.2, -0.15) is 11.8 Å². The molecule has 0 heterocycles. The van der Waals surface area contributed by atoms with Gasteiger partial charge in [-0.3, -0.25) is 0 Å². The number of halogens is 1. The third kappa shape index (κ3) is 4.62. The topological polar surface area (TPSA) is 46.2 Å². The quantitative estimate of drug-likeness (QED) is 0.868. The van der Waals surface area contributed by atoms with E-state index in [0.29, 0.717) is 16.3 Å². The lowest BCUT2D eigenvalue weighted by molar-refractivity contribution is 0.578. The Labute approximate surface area is 116 Å². The molecule has 6 heteroatoms. The van der Waals surface area contributed by atoms with Crippen LogP contribution >= 0.6 is 27.7 Å². The van der Waals surface area contributed by atoms with E-state index in [-0.39, 0.29) is 4.90 Å². The second-order valence-electron chi connectivity index (χ2n) is 3.66. The predicted octanol–water partition coefficient (Wildman–Crippen LogP) is 2.87. The van der Waals surface area contributed by atoms with Gasteiger partial charge in [0, 0.05) is 16.3 Å². The molecule has 0 aliphatic carbocycles. The van der Waals surface area contributed by atoms with E-state index in [0.717, 1.165) is 6.42 Å². The summed E-state index contributed by atoms with van der Waals surface area (Å²) >= 11 is 4.97. The average molecular weight is 338 g/mol. The van der Waals surface area contributed by atoms with Crippen LogP contribution in [-0.2, 0) is 10.0 Å². The zero-order valence-electron chi connectivity index (χ0n) is 9.81. The summed E-state index contributed by atoms with van der Waals surface area (Å²) in [5, 5.41) is 0.455. The molecule has 0 fully saturated rings. The van der Waals surface area contributed by atoms with E-state index in [9.17, 15) is 8.42 Å². The van der Waals surface area contributed by atoms with E-state index in [4.69, 9.17) is 0 Å². The Bertz CT molecular complexity index is 462. The van der Waals surface area contributed by atoms with E-state index in [1.54, 1.807) is 36.0 Å². The van der Waals surface area contributed by atoms with Gasteiger partial charge in [0.1, 0.15) is 0 Å². The SMILES string of the molecule is CSC(C)CCNS(=O)(=O)c1ccccc1Br. The average Bonchev–Trinajstić information content (AvgIpc) is 2.28. The third-order valence-electron chi connectivity index (χ3n) is 2.37. The molecule has 0 aliphatic heterocycles. The van der Waals surface area contributed by atoms with E-state index in [1.807, 2.05) is 6.26 Å². The summed E-state index contributed by atoms with van der Waals surface area (Å²) in [5.74, 6) is 0. The molecule has 0 saturated carbocycles. The molecule has 17 heavy (non-hydrogen) atoms. The maximum atomic E-state index is 12.0. The fourth-order valence-corrected chi connectivity index (χ4v) is 3.66. The van der Waals surface area contributed by atoms with Crippen LogP contribution in [0, 0.1) is 0 Å². The zero-order chi connectivity index (χ0) is 12.9. The molecule has 0 saturated heterocycles. The number of benzene rings is 1. The predicted molar refractivity (Wildman–Crippen MR) is 76.9 cm³/mol. The summed E-state index contributed by atoms with van der Waals surface area (Å²) in [6, 6.07) is 6.81. The first-order valence-corrected chi connectivity index (χ1v) is 8.81. The molecule has 0 spiro atoms. The first-order chi connectivity index (χ1) is 7.97. The highest BCUT2D eigenvalue weighted by atomic mass is 79.9. The lowest BCUT2D eigenvalue weighted by Gasteiger charge is -2.10. The molecular formula is C11H16BrNO2S2. The lowest BCUT2D eigenvalue weighted by atomic mass is 10.3. The van der Waals surface area contributed by atoms with Crippen LogP contribution in [0.25, 0.3) is 0 Å². The maximum absolute atomic E-state index is 12.0. The first kappa shape index (κ1) is 15.0. The zero-order valence-corrected chi connectivity index (χ0v) is 13.0. The Morgan fingerprint density at radius 1 is 1.41 bits per heavy atom. The molecule has 0 radical (unpaired) electrons. The second-order valence-corrected chi connectivity index (χ2v) is 7.53. The van der Waals surface area contributed by atoms with Crippen LogP contribution in [0.4, 0.5) is 0 Å². The van der Waals surface area contributed by atoms with Gasteiger partial charge >= 0.3 is 0 Å². The summed E-state index contributed by atoms with van der Waals surface area (Å²) in [5.41, 5.74) is 0. The van der Waals surface area contributed by atoms with E-state index in [1.165, 1.54) is 0 Å². The summed E-state index contributed by atoms with van der Waals surface area (Å²) in [7, 11) is -3.40. The van der Waals surface area contributed by atoms with Crippen LogP contribution in [0.2, 0.25) is 0 Å². The van der Waals surface area contributed by atoms with Crippen molar-refractivity contribution < 1.29 is 8.42 Å². The van der Waals surface area contributed by atoms with Gasteiger partial charge in [-0.15, -0.1) is 0 Å². The summed E-state index contributed by atoms with van der Waals surface area (Å²) in [6.07, 6.45) is 2.85. The lowest BCUT2D eigenvalue weighted by Crippen LogP contribution is -2.26. The fourth-order valence-electron chi connectivity index (χ4n) is 1.25. The molecule has 1 rings (SSSR count). The minimum atomic E-state index is -3.40. The number of sulfonamides is 1. The molecule has 1 aromatic rings. The monoisotopic (exact) mass is 337 g/mol. The van der Waals surface area contributed by atoms with Gasteiger partial charge in [-0.05, 0) is 40.7 Å². The van der Waals surface area contributed by atoms with E-state index in [2.05, 4.69) is 27.6 Å². The summed E-state index contributed by atoms with van der Waals surface area (Å²) < 4.78 is 27.1. The Kier molecular flexibility index (Phi) is 5.99. The second kappa shape index (κ2) is 6.78. The standard InChI is InChI=1S/C11H16BrNO2S2/c1-9(16-2)7-8-13-17(14,15)11-6-4-3-5-10(11)12/h3-6,9,13H,7-8H2,1-2H3. The highest BCUT2D eigenvalue weighted by molar-refractivity contribution is 9.10. The Balaban J connectivity index is 2.67. The van der Waals surface area contributed by atoms with Crippen molar-refractivity contribution in [2.45, 2.75) is 23.5 Å². The number of rotatable bonds is 6. The fraction of sp³-hybridized carbons (Fsp3) is 0.455. The van der Waals surface area contributed by atoms with E-state index < -0.39 is 10.0 Å². The van der Waals surface area contributed by atoms with Crippen molar-refractivity contribution in [3.05, 3.63) is 28.7 Å². The number of hydrogen-bond donors (Lipinski definition) is 1. The largest absolute Gasteiger partial charge is 0.241 e. The van der Waals surface area contributed by atoms with Crippen molar-refractivity contribution >= 4 is 37.7 Å². The van der Waals surface area contributed by atoms with Gasteiger partial charge < -0.3 is 0 Å². The molecule has 96 valence electrons. The molecule has 0 aliphatic rings. The Hall–Kier alpha value is -0.0400. The molecule has 1 aromatic carbocycles. The molecule has 0 aromatic heterocycles. The van der Waals surface area contributed by atoms with Crippen molar-refractivity contribution in [1.82, 2.24) is 4.72 Å². The number of nitrogens with one attached hydrogen (secondary N) is 1. The van der Waals surface area contributed by atoms with Gasteiger partial charge in [0.2, 0.25) is 10.0 Å². The number of thioether (sulfide) groups is 1. The van der Waals surface area contributed by atoms with Crippen LogP contribution in [-0.4, -0.2) is 26.5 Å². The van der Waals surface area contributed by atoms with Crippen molar-refractivity contribution in [3.8, 4) is 0 Å². The molecule has 1 atom stereocenters. The minimum absolute atomic E-state index is 0.289. The van der Waals surface area contributed by atoms with E-state index >= 15 is 0 Å².